The summed E-state index contributed by atoms with van der Waals surface area (Å²) in [6.45, 7) is 2.58. The summed E-state index contributed by atoms with van der Waals surface area (Å²) >= 11 is 0. The largest absolute Gasteiger partial charge is 0.493 e. The number of piperidine rings is 1. The van der Waals surface area contributed by atoms with Gasteiger partial charge in [-0.05, 0) is 73.7 Å². The van der Waals surface area contributed by atoms with Crippen LogP contribution in [0, 0.1) is 5.92 Å². The molecule has 174 valence electrons. The van der Waals surface area contributed by atoms with Gasteiger partial charge in [0.25, 0.3) is 0 Å². The number of hydrogen-bond acceptors (Lipinski definition) is 3. The minimum Gasteiger partial charge on any atom is -0.493 e. The lowest BCUT2D eigenvalue weighted by Crippen LogP contribution is -2.46. The number of halogens is 3. The summed E-state index contributed by atoms with van der Waals surface area (Å²) in [5, 5.41) is 0. The van der Waals surface area contributed by atoms with Crippen molar-refractivity contribution >= 4 is 5.69 Å². The Balaban J connectivity index is 1.47. The molecule has 2 atom stereocenters. The fourth-order valence-corrected chi connectivity index (χ4v) is 5.23. The number of likely N-dealkylation sites (tertiary alicyclic amines) is 1. The molecule has 2 aromatic rings. The SMILES string of the molecule is CN(C)c1ccc([C@@H]2CCN(C3CCCC3)C[C@H]2COc2ccc(C(F)(F)F)cc2)cc1. The second kappa shape index (κ2) is 9.74. The lowest BCUT2D eigenvalue weighted by molar-refractivity contribution is -0.137. The van der Waals surface area contributed by atoms with E-state index in [2.05, 4.69) is 34.1 Å². The molecule has 1 saturated carbocycles. The Labute approximate surface area is 189 Å². The van der Waals surface area contributed by atoms with Gasteiger partial charge in [0.2, 0.25) is 0 Å². The lowest BCUT2D eigenvalue weighted by Gasteiger charge is -2.41. The van der Waals surface area contributed by atoms with Gasteiger partial charge in [-0.25, -0.2) is 0 Å². The van der Waals surface area contributed by atoms with Crippen LogP contribution in [0.2, 0.25) is 0 Å². The van der Waals surface area contributed by atoms with Gasteiger partial charge in [0.15, 0.2) is 0 Å². The van der Waals surface area contributed by atoms with E-state index in [1.807, 2.05) is 14.1 Å². The molecule has 32 heavy (non-hydrogen) atoms. The van der Waals surface area contributed by atoms with Crippen LogP contribution in [0.3, 0.4) is 0 Å². The molecule has 0 spiro atoms. The highest BCUT2D eigenvalue weighted by Gasteiger charge is 2.35. The zero-order chi connectivity index (χ0) is 22.7. The van der Waals surface area contributed by atoms with Gasteiger partial charge >= 0.3 is 6.18 Å². The van der Waals surface area contributed by atoms with E-state index in [0.29, 0.717) is 30.2 Å². The number of anilines is 1. The van der Waals surface area contributed by atoms with Gasteiger partial charge in [-0.1, -0.05) is 25.0 Å². The molecule has 3 nitrogen and oxygen atoms in total. The molecule has 0 bridgehead atoms. The van der Waals surface area contributed by atoms with Crippen molar-refractivity contribution in [2.24, 2.45) is 5.92 Å². The van der Waals surface area contributed by atoms with E-state index in [1.165, 1.54) is 49.1 Å². The molecular weight excluding hydrogens is 413 g/mol. The summed E-state index contributed by atoms with van der Waals surface area (Å²) < 4.78 is 44.6. The molecule has 1 aliphatic carbocycles. The maximum absolute atomic E-state index is 12.9. The molecule has 0 N–H and O–H groups in total. The van der Waals surface area contributed by atoms with Crippen molar-refractivity contribution < 1.29 is 17.9 Å². The Morgan fingerprint density at radius 1 is 0.938 bits per heavy atom. The van der Waals surface area contributed by atoms with Crippen molar-refractivity contribution in [1.29, 1.82) is 0 Å². The molecule has 4 rings (SSSR count). The first-order valence-corrected chi connectivity index (χ1v) is 11.6. The average molecular weight is 447 g/mol. The van der Waals surface area contributed by atoms with Gasteiger partial charge in [0.1, 0.15) is 5.75 Å². The van der Waals surface area contributed by atoms with Crippen LogP contribution < -0.4 is 9.64 Å². The fraction of sp³-hybridized carbons (Fsp3) is 0.538. The molecular formula is C26H33F3N2O. The Hall–Kier alpha value is -2.21. The molecule has 0 amide bonds. The number of benzene rings is 2. The first kappa shape index (κ1) is 23.0. The van der Waals surface area contributed by atoms with Crippen LogP contribution in [0.5, 0.6) is 5.75 Å². The van der Waals surface area contributed by atoms with E-state index in [1.54, 1.807) is 0 Å². The van der Waals surface area contributed by atoms with Gasteiger partial charge in [0.05, 0.1) is 12.2 Å². The normalized spacial score (nSPS) is 22.8. The van der Waals surface area contributed by atoms with Crippen molar-refractivity contribution in [1.82, 2.24) is 4.90 Å². The summed E-state index contributed by atoms with van der Waals surface area (Å²) in [6.07, 6.45) is 1.92. The van der Waals surface area contributed by atoms with Crippen LogP contribution in [0.1, 0.15) is 49.1 Å². The molecule has 2 fully saturated rings. The Morgan fingerprint density at radius 3 is 2.19 bits per heavy atom. The molecule has 1 saturated heterocycles. The zero-order valence-corrected chi connectivity index (χ0v) is 18.9. The number of alkyl halides is 3. The molecule has 2 aromatic carbocycles. The van der Waals surface area contributed by atoms with Crippen LogP contribution in [-0.4, -0.2) is 44.7 Å². The maximum atomic E-state index is 12.9. The molecule has 0 unspecified atom stereocenters. The predicted octanol–water partition coefficient (Wildman–Crippen LogP) is 6.20. The smallest absolute Gasteiger partial charge is 0.416 e. The highest BCUT2D eigenvalue weighted by atomic mass is 19.4. The van der Waals surface area contributed by atoms with E-state index in [9.17, 15) is 13.2 Å². The van der Waals surface area contributed by atoms with E-state index in [4.69, 9.17) is 4.74 Å². The second-order valence-electron chi connectivity index (χ2n) is 9.41. The summed E-state index contributed by atoms with van der Waals surface area (Å²) in [7, 11) is 4.07. The third-order valence-electron chi connectivity index (χ3n) is 7.09. The minimum atomic E-state index is -4.33. The predicted molar refractivity (Wildman–Crippen MR) is 122 cm³/mol. The molecule has 6 heteroatoms. The first-order chi connectivity index (χ1) is 15.3. The summed E-state index contributed by atoms with van der Waals surface area (Å²) in [6, 6.07) is 14.5. The van der Waals surface area contributed by atoms with E-state index in [0.717, 1.165) is 31.6 Å². The quantitative estimate of drug-likeness (QED) is 0.526. The van der Waals surface area contributed by atoms with E-state index >= 15 is 0 Å². The number of hydrogen-bond donors (Lipinski definition) is 0. The third-order valence-corrected chi connectivity index (χ3v) is 7.09. The summed E-state index contributed by atoms with van der Waals surface area (Å²) in [5.74, 6) is 1.19. The molecule has 1 heterocycles. The van der Waals surface area contributed by atoms with Gasteiger partial charge in [-0.15, -0.1) is 0 Å². The molecule has 0 radical (unpaired) electrons. The summed E-state index contributed by atoms with van der Waals surface area (Å²) in [5.41, 5.74) is 1.85. The van der Waals surface area contributed by atoms with Gasteiger partial charge < -0.3 is 9.64 Å². The first-order valence-electron chi connectivity index (χ1n) is 11.6. The van der Waals surface area contributed by atoms with Gasteiger partial charge in [-0.2, -0.15) is 13.2 Å². The van der Waals surface area contributed by atoms with Gasteiger partial charge in [-0.3, -0.25) is 4.90 Å². The molecule has 2 aliphatic rings. The van der Waals surface area contributed by atoms with E-state index < -0.39 is 11.7 Å². The lowest BCUT2D eigenvalue weighted by atomic mass is 9.80. The monoisotopic (exact) mass is 446 g/mol. The van der Waals surface area contributed by atoms with Gasteiger partial charge in [0, 0.05) is 38.3 Å². The third kappa shape index (κ3) is 5.40. The summed E-state index contributed by atoms with van der Waals surface area (Å²) in [4.78, 5) is 4.72. The Bertz CT molecular complexity index is 858. The topological polar surface area (TPSA) is 15.7 Å². The van der Waals surface area contributed by atoms with Crippen molar-refractivity contribution in [2.45, 2.75) is 50.2 Å². The average Bonchev–Trinajstić information content (AvgIpc) is 3.32. The van der Waals surface area contributed by atoms with Crippen LogP contribution in [0.4, 0.5) is 18.9 Å². The van der Waals surface area contributed by atoms with Crippen LogP contribution >= 0.6 is 0 Å². The molecule has 1 aliphatic heterocycles. The van der Waals surface area contributed by atoms with Crippen molar-refractivity contribution in [3.63, 3.8) is 0 Å². The second-order valence-corrected chi connectivity index (χ2v) is 9.41. The Morgan fingerprint density at radius 2 is 1.59 bits per heavy atom. The van der Waals surface area contributed by atoms with E-state index in [-0.39, 0.29) is 0 Å². The van der Waals surface area contributed by atoms with Crippen molar-refractivity contribution in [3.8, 4) is 5.75 Å². The van der Waals surface area contributed by atoms with Crippen LogP contribution in [-0.2, 0) is 6.18 Å². The van der Waals surface area contributed by atoms with Crippen LogP contribution in [0.15, 0.2) is 48.5 Å². The number of nitrogens with zero attached hydrogens (tertiary/aromatic N) is 2. The maximum Gasteiger partial charge on any atom is 0.416 e. The highest BCUT2D eigenvalue weighted by molar-refractivity contribution is 5.46. The number of ether oxygens (including phenoxy) is 1. The highest BCUT2D eigenvalue weighted by Crippen LogP contribution is 2.37. The minimum absolute atomic E-state index is 0.303. The van der Waals surface area contributed by atoms with Crippen molar-refractivity contribution in [2.75, 3.05) is 38.7 Å². The van der Waals surface area contributed by atoms with Crippen molar-refractivity contribution in [3.05, 3.63) is 59.7 Å². The zero-order valence-electron chi connectivity index (χ0n) is 18.9. The molecule has 0 aromatic heterocycles. The fourth-order valence-electron chi connectivity index (χ4n) is 5.23. The Kier molecular flexibility index (Phi) is 6.99. The standard InChI is InChI=1S/C26H33F3N2O/c1-30(2)22-11-7-19(8-12-22)25-15-16-31(23-5-3-4-6-23)17-20(25)18-32-24-13-9-21(10-14-24)26(27,28)29/h7-14,20,23,25H,3-6,15-18H2,1-2H3/t20-,25-/m0/s1. The van der Waals surface area contributed by atoms with Crippen LogP contribution in [0.25, 0.3) is 0 Å². The number of rotatable bonds is 6.